The number of nitrogens with zero attached hydrogens (tertiary/aromatic N) is 1. The molecule has 0 fully saturated rings. The summed E-state index contributed by atoms with van der Waals surface area (Å²) in [5.41, 5.74) is 6.54. The molecule has 4 heteroatoms. The van der Waals surface area contributed by atoms with Gasteiger partial charge in [0.2, 0.25) is 0 Å². The Morgan fingerprint density at radius 3 is 2.75 bits per heavy atom. The Bertz CT molecular complexity index is 810. The molecule has 0 amide bonds. The SMILES string of the molecule is Cc1cccc(-c2[nH]ncc2CNCC(O)c2ccccc2C)c1. The minimum absolute atomic E-state index is 0.503. The monoisotopic (exact) mass is 321 g/mol. The topological polar surface area (TPSA) is 60.9 Å². The fraction of sp³-hybridized carbons (Fsp3) is 0.250. The summed E-state index contributed by atoms with van der Waals surface area (Å²) in [6, 6.07) is 16.3. The lowest BCUT2D eigenvalue weighted by Crippen LogP contribution is -2.21. The number of hydrogen-bond donors (Lipinski definition) is 3. The van der Waals surface area contributed by atoms with Crippen LogP contribution in [0.25, 0.3) is 11.3 Å². The van der Waals surface area contributed by atoms with Gasteiger partial charge in [0.05, 0.1) is 18.0 Å². The van der Waals surface area contributed by atoms with Gasteiger partial charge in [-0.3, -0.25) is 5.10 Å². The van der Waals surface area contributed by atoms with Crippen molar-refractivity contribution in [2.24, 2.45) is 0 Å². The third kappa shape index (κ3) is 3.72. The number of aromatic nitrogens is 2. The van der Waals surface area contributed by atoms with Gasteiger partial charge in [-0.05, 0) is 31.0 Å². The summed E-state index contributed by atoms with van der Waals surface area (Å²) in [6.45, 7) is 5.26. The van der Waals surface area contributed by atoms with Crippen molar-refractivity contribution >= 4 is 0 Å². The predicted molar refractivity (Wildman–Crippen MR) is 96.6 cm³/mol. The molecule has 4 nitrogen and oxygen atoms in total. The van der Waals surface area contributed by atoms with E-state index in [0.717, 1.165) is 27.9 Å². The Morgan fingerprint density at radius 2 is 1.96 bits per heavy atom. The van der Waals surface area contributed by atoms with Crippen LogP contribution in [-0.4, -0.2) is 21.8 Å². The molecule has 1 heterocycles. The first-order valence-corrected chi connectivity index (χ1v) is 8.18. The molecule has 0 spiro atoms. The lowest BCUT2D eigenvalue weighted by molar-refractivity contribution is 0.173. The van der Waals surface area contributed by atoms with Gasteiger partial charge in [0.15, 0.2) is 0 Å². The summed E-state index contributed by atoms with van der Waals surface area (Å²) in [4.78, 5) is 0. The fourth-order valence-electron chi connectivity index (χ4n) is 2.91. The van der Waals surface area contributed by atoms with Crippen molar-refractivity contribution in [3.8, 4) is 11.3 Å². The number of hydrogen-bond acceptors (Lipinski definition) is 3. The molecule has 1 aromatic heterocycles. The van der Waals surface area contributed by atoms with E-state index in [1.54, 1.807) is 0 Å². The van der Waals surface area contributed by atoms with Crippen LogP contribution in [0.3, 0.4) is 0 Å². The van der Waals surface area contributed by atoms with E-state index in [2.05, 4.69) is 40.6 Å². The van der Waals surface area contributed by atoms with E-state index in [9.17, 15) is 5.11 Å². The van der Waals surface area contributed by atoms with E-state index >= 15 is 0 Å². The van der Waals surface area contributed by atoms with Gasteiger partial charge in [-0.2, -0.15) is 5.10 Å². The summed E-state index contributed by atoms with van der Waals surface area (Å²) >= 11 is 0. The Kier molecular flexibility index (Phi) is 5.08. The van der Waals surface area contributed by atoms with Crippen LogP contribution < -0.4 is 5.32 Å². The third-order valence-electron chi connectivity index (χ3n) is 4.23. The number of H-pyrrole nitrogens is 1. The maximum atomic E-state index is 10.4. The molecule has 3 rings (SSSR count). The maximum absolute atomic E-state index is 10.4. The van der Waals surface area contributed by atoms with Crippen LogP contribution in [0.15, 0.2) is 54.7 Å². The Morgan fingerprint density at radius 1 is 1.12 bits per heavy atom. The van der Waals surface area contributed by atoms with Gasteiger partial charge in [0, 0.05) is 24.2 Å². The number of nitrogens with one attached hydrogen (secondary N) is 2. The molecule has 0 bridgehead atoms. The zero-order valence-electron chi connectivity index (χ0n) is 14.1. The highest BCUT2D eigenvalue weighted by Crippen LogP contribution is 2.22. The summed E-state index contributed by atoms with van der Waals surface area (Å²) in [5.74, 6) is 0. The van der Waals surface area contributed by atoms with Crippen molar-refractivity contribution in [2.45, 2.75) is 26.5 Å². The van der Waals surface area contributed by atoms with Gasteiger partial charge in [-0.1, -0.05) is 48.0 Å². The van der Waals surface area contributed by atoms with Gasteiger partial charge >= 0.3 is 0 Å². The smallest absolute Gasteiger partial charge is 0.0917 e. The van der Waals surface area contributed by atoms with Gasteiger partial charge in [0.1, 0.15) is 0 Å². The molecular weight excluding hydrogens is 298 g/mol. The van der Waals surface area contributed by atoms with Gasteiger partial charge < -0.3 is 10.4 Å². The molecule has 24 heavy (non-hydrogen) atoms. The lowest BCUT2D eigenvalue weighted by atomic mass is 10.0. The van der Waals surface area contributed by atoms with E-state index in [0.29, 0.717) is 13.1 Å². The quantitative estimate of drug-likeness (QED) is 0.651. The largest absolute Gasteiger partial charge is 0.387 e. The Labute approximate surface area is 142 Å². The molecule has 0 aliphatic heterocycles. The van der Waals surface area contributed by atoms with Crippen molar-refractivity contribution in [1.29, 1.82) is 0 Å². The van der Waals surface area contributed by atoms with Crippen molar-refractivity contribution in [3.63, 3.8) is 0 Å². The van der Waals surface area contributed by atoms with Crippen molar-refractivity contribution < 1.29 is 5.11 Å². The standard InChI is InChI=1S/C20H23N3O/c1-14-6-5-8-16(10-14)20-17(12-22-23-20)11-21-13-19(24)18-9-4-3-7-15(18)2/h3-10,12,19,21,24H,11,13H2,1-2H3,(H,22,23). The van der Waals surface area contributed by atoms with Crippen molar-refractivity contribution in [3.05, 3.63) is 77.0 Å². The highest BCUT2D eigenvalue weighted by Gasteiger charge is 2.11. The molecule has 1 unspecified atom stereocenters. The summed E-state index contributed by atoms with van der Waals surface area (Å²) in [7, 11) is 0. The molecule has 0 aliphatic carbocycles. The molecule has 0 radical (unpaired) electrons. The number of aryl methyl sites for hydroxylation is 2. The van der Waals surface area contributed by atoms with Crippen LogP contribution in [0.4, 0.5) is 0 Å². The first kappa shape index (κ1) is 16.4. The Balaban J connectivity index is 1.64. The van der Waals surface area contributed by atoms with E-state index < -0.39 is 6.10 Å². The minimum atomic E-state index is -0.513. The number of benzene rings is 2. The zero-order valence-corrected chi connectivity index (χ0v) is 14.1. The first-order valence-electron chi connectivity index (χ1n) is 8.18. The number of rotatable bonds is 6. The van der Waals surface area contributed by atoms with E-state index in [4.69, 9.17) is 0 Å². The second-order valence-corrected chi connectivity index (χ2v) is 6.14. The zero-order chi connectivity index (χ0) is 16.9. The predicted octanol–water partition coefficient (Wildman–Crippen LogP) is 3.52. The van der Waals surface area contributed by atoms with Gasteiger partial charge in [-0.15, -0.1) is 0 Å². The van der Waals surface area contributed by atoms with Gasteiger partial charge in [0.25, 0.3) is 0 Å². The second-order valence-electron chi connectivity index (χ2n) is 6.14. The number of aliphatic hydroxyl groups excluding tert-OH is 1. The van der Waals surface area contributed by atoms with Crippen LogP contribution >= 0.6 is 0 Å². The average Bonchev–Trinajstić information content (AvgIpc) is 3.03. The fourth-order valence-corrected chi connectivity index (χ4v) is 2.91. The molecule has 124 valence electrons. The maximum Gasteiger partial charge on any atom is 0.0917 e. The molecule has 1 atom stereocenters. The molecular formula is C20H23N3O. The molecule has 0 saturated carbocycles. The van der Waals surface area contributed by atoms with E-state index in [-0.39, 0.29) is 0 Å². The van der Waals surface area contributed by atoms with E-state index in [1.165, 1.54) is 5.56 Å². The molecule has 3 N–H and O–H groups in total. The van der Waals surface area contributed by atoms with Crippen molar-refractivity contribution in [1.82, 2.24) is 15.5 Å². The van der Waals surface area contributed by atoms with Crippen LogP contribution in [0.5, 0.6) is 0 Å². The highest BCUT2D eigenvalue weighted by molar-refractivity contribution is 5.63. The first-order chi connectivity index (χ1) is 11.6. The minimum Gasteiger partial charge on any atom is -0.387 e. The highest BCUT2D eigenvalue weighted by atomic mass is 16.3. The van der Waals surface area contributed by atoms with E-state index in [1.807, 2.05) is 43.5 Å². The normalized spacial score (nSPS) is 12.3. The lowest BCUT2D eigenvalue weighted by Gasteiger charge is -2.14. The summed E-state index contributed by atoms with van der Waals surface area (Å²) in [5, 5.41) is 20.9. The van der Waals surface area contributed by atoms with Crippen LogP contribution in [0.1, 0.15) is 28.4 Å². The van der Waals surface area contributed by atoms with Crippen LogP contribution in [0, 0.1) is 13.8 Å². The summed E-state index contributed by atoms with van der Waals surface area (Å²) in [6.07, 6.45) is 1.32. The van der Waals surface area contributed by atoms with Gasteiger partial charge in [-0.25, -0.2) is 0 Å². The molecule has 2 aromatic carbocycles. The average molecular weight is 321 g/mol. The second kappa shape index (κ2) is 7.43. The van der Waals surface area contributed by atoms with Crippen LogP contribution in [-0.2, 0) is 6.54 Å². The van der Waals surface area contributed by atoms with Crippen LogP contribution in [0.2, 0.25) is 0 Å². The number of aliphatic hydroxyl groups is 1. The molecule has 3 aromatic rings. The molecule has 0 aliphatic rings. The summed E-state index contributed by atoms with van der Waals surface area (Å²) < 4.78 is 0. The van der Waals surface area contributed by atoms with Crippen molar-refractivity contribution in [2.75, 3.05) is 6.54 Å². The molecule has 0 saturated heterocycles. The third-order valence-corrected chi connectivity index (χ3v) is 4.23. The number of aromatic amines is 1. The Hall–Kier alpha value is -2.43.